The van der Waals surface area contributed by atoms with E-state index in [-0.39, 0.29) is 0 Å². The van der Waals surface area contributed by atoms with Crippen molar-refractivity contribution in [3.8, 4) is 16.9 Å². The fourth-order valence-corrected chi connectivity index (χ4v) is 4.03. The van der Waals surface area contributed by atoms with Crippen molar-refractivity contribution in [2.24, 2.45) is 0 Å². The first kappa shape index (κ1) is 22.2. The number of ether oxygens (including phenoxy) is 1. The molecular weight excluding hydrogens is 364 g/mol. The van der Waals surface area contributed by atoms with Gasteiger partial charge in [-0.25, -0.2) is 0 Å². The molecule has 1 nitrogen and oxygen atoms in total. The standard InChI is InChI=1S/C29H36O/c1-3-4-5-6-7-9-12-25-18-22-28(29(23-25)30-2)21-17-24-15-19-27(20-16-24)26-13-10-8-11-14-26/h8,10-11,13-16,18-20,22-23H,3-7,9,12,17,21H2,1-2H3. The predicted octanol–water partition coefficient (Wildman–Crippen LogP) is 8.05. The van der Waals surface area contributed by atoms with Crippen LogP contribution < -0.4 is 4.74 Å². The number of rotatable bonds is 12. The van der Waals surface area contributed by atoms with E-state index in [1.807, 2.05) is 0 Å². The van der Waals surface area contributed by atoms with Crippen LogP contribution in [0.5, 0.6) is 5.75 Å². The summed E-state index contributed by atoms with van der Waals surface area (Å²) in [6.45, 7) is 2.27. The first-order valence-corrected chi connectivity index (χ1v) is 11.6. The van der Waals surface area contributed by atoms with E-state index in [1.165, 1.54) is 66.3 Å². The molecule has 30 heavy (non-hydrogen) atoms. The Bertz CT molecular complexity index is 865. The maximum absolute atomic E-state index is 5.71. The number of aryl methyl sites for hydroxylation is 3. The normalized spacial score (nSPS) is 10.9. The van der Waals surface area contributed by atoms with Gasteiger partial charge in [0.1, 0.15) is 5.75 Å². The summed E-state index contributed by atoms with van der Waals surface area (Å²) >= 11 is 0. The van der Waals surface area contributed by atoms with Crippen molar-refractivity contribution < 1.29 is 4.74 Å². The van der Waals surface area contributed by atoms with Gasteiger partial charge < -0.3 is 4.74 Å². The quantitative estimate of drug-likeness (QED) is 0.279. The predicted molar refractivity (Wildman–Crippen MR) is 129 cm³/mol. The minimum Gasteiger partial charge on any atom is -0.496 e. The van der Waals surface area contributed by atoms with Crippen LogP contribution in [0.15, 0.2) is 72.8 Å². The number of benzene rings is 3. The molecule has 0 atom stereocenters. The average molecular weight is 401 g/mol. The molecule has 0 aromatic heterocycles. The fraction of sp³-hybridized carbons (Fsp3) is 0.379. The van der Waals surface area contributed by atoms with Crippen LogP contribution in [0.1, 0.15) is 62.1 Å². The van der Waals surface area contributed by atoms with Crippen LogP contribution in [0, 0.1) is 0 Å². The Labute approximate surface area is 183 Å². The third kappa shape index (κ3) is 6.76. The molecule has 0 fully saturated rings. The lowest BCUT2D eigenvalue weighted by Gasteiger charge is -2.11. The van der Waals surface area contributed by atoms with Crippen LogP contribution in [0.2, 0.25) is 0 Å². The Balaban J connectivity index is 1.52. The molecule has 0 aliphatic heterocycles. The first-order valence-electron chi connectivity index (χ1n) is 11.6. The van der Waals surface area contributed by atoms with E-state index < -0.39 is 0 Å². The van der Waals surface area contributed by atoms with Gasteiger partial charge in [-0.3, -0.25) is 0 Å². The molecule has 0 amide bonds. The van der Waals surface area contributed by atoms with E-state index in [0.29, 0.717) is 0 Å². The summed E-state index contributed by atoms with van der Waals surface area (Å²) in [5.41, 5.74) is 6.62. The second-order valence-corrected chi connectivity index (χ2v) is 8.23. The molecule has 3 aromatic rings. The zero-order valence-corrected chi connectivity index (χ0v) is 18.7. The van der Waals surface area contributed by atoms with Gasteiger partial charge in [0.05, 0.1) is 7.11 Å². The van der Waals surface area contributed by atoms with Crippen LogP contribution in [0.25, 0.3) is 11.1 Å². The van der Waals surface area contributed by atoms with Gasteiger partial charge in [0, 0.05) is 0 Å². The van der Waals surface area contributed by atoms with Crippen LogP contribution >= 0.6 is 0 Å². The monoisotopic (exact) mass is 400 g/mol. The Kier molecular flexibility index (Phi) is 9.03. The van der Waals surface area contributed by atoms with Gasteiger partial charge in [-0.1, -0.05) is 106 Å². The van der Waals surface area contributed by atoms with Crippen LogP contribution in [-0.2, 0) is 19.3 Å². The zero-order chi connectivity index (χ0) is 21.0. The van der Waals surface area contributed by atoms with Gasteiger partial charge >= 0.3 is 0 Å². The maximum atomic E-state index is 5.71. The van der Waals surface area contributed by atoms with Crippen molar-refractivity contribution in [2.45, 2.75) is 64.7 Å². The van der Waals surface area contributed by atoms with Crippen molar-refractivity contribution in [3.63, 3.8) is 0 Å². The van der Waals surface area contributed by atoms with Crippen molar-refractivity contribution in [1.29, 1.82) is 0 Å². The zero-order valence-electron chi connectivity index (χ0n) is 18.7. The average Bonchev–Trinajstić information content (AvgIpc) is 2.81. The minimum absolute atomic E-state index is 1.01. The molecule has 0 aliphatic rings. The largest absolute Gasteiger partial charge is 0.496 e. The number of methoxy groups -OCH3 is 1. The molecule has 0 N–H and O–H groups in total. The Morgan fingerprint density at radius 2 is 1.27 bits per heavy atom. The molecule has 0 saturated heterocycles. The lowest BCUT2D eigenvalue weighted by Crippen LogP contribution is -1.97. The number of hydrogen-bond acceptors (Lipinski definition) is 1. The summed E-state index contributed by atoms with van der Waals surface area (Å²) in [5.74, 6) is 1.04. The van der Waals surface area contributed by atoms with Gasteiger partial charge in [-0.15, -0.1) is 0 Å². The molecule has 0 unspecified atom stereocenters. The second kappa shape index (κ2) is 12.2. The first-order chi connectivity index (χ1) is 14.8. The molecule has 3 aromatic carbocycles. The summed E-state index contributed by atoms with van der Waals surface area (Å²) in [6, 6.07) is 26.3. The van der Waals surface area contributed by atoms with Gasteiger partial charge in [0.25, 0.3) is 0 Å². The summed E-state index contributed by atoms with van der Waals surface area (Å²) in [4.78, 5) is 0. The summed E-state index contributed by atoms with van der Waals surface area (Å²) in [5, 5.41) is 0. The van der Waals surface area contributed by atoms with Crippen LogP contribution in [0.4, 0.5) is 0 Å². The third-order valence-electron chi connectivity index (χ3n) is 5.91. The van der Waals surface area contributed by atoms with Crippen molar-refractivity contribution in [1.82, 2.24) is 0 Å². The third-order valence-corrected chi connectivity index (χ3v) is 5.91. The van der Waals surface area contributed by atoms with Crippen molar-refractivity contribution in [2.75, 3.05) is 7.11 Å². The summed E-state index contributed by atoms with van der Waals surface area (Å²) < 4.78 is 5.71. The van der Waals surface area contributed by atoms with Crippen LogP contribution in [0.3, 0.4) is 0 Å². The Hall–Kier alpha value is -2.54. The van der Waals surface area contributed by atoms with Gasteiger partial charge in [-0.05, 0) is 59.6 Å². The highest BCUT2D eigenvalue weighted by Crippen LogP contribution is 2.24. The number of unbranched alkanes of at least 4 members (excludes halogenated alkanes) is 5. The van der Waals surface area contributed by atoms with E-state index in [2.05, 4.69) is 79.7 Å². The summed E-state index contributed by atoms with van der Waals surface area (Å²) in [7, 11) is 1.79. The second-order valence-electron chi connectivity index (χ2n) is 8.23. The SMILES string of the molecule is CCCCCCCCc1ccc(CCc2ccc(-c3ccccc3)cc2)c(OC)c1. The lowest BCUT2D eigenvalue weighted by atomic mass is 9.98. The van der Waals surface area contributed by atoms with Gasteiger partial charge in [0.15, 0.2) is 0 Å². The molecule has 3 rings (SSSR count). The molecule has 0 saturated carbocycles. The maximum Gasteiger partial charge on any atom is 0.122 e. The minimum atomic E-state index is 1.01. The smallest absolute Gasteiger partial charge is 0.122 e. The van der Waals surface area contributed by atoms with E-state index in [0.717, 1.165) is 25.0 Å². The molecule has 0 aliphatic carbocycles. The van der Waals surface area contributed by atoms with E-state index in [4.69, 9.17) is 4.74 Å². The molecule has 0 spiro atoms. The highest BCUT2D eigenvalue weighted by molar-refractivity contribution is 5.63. The highest BCUT2D eigenvalue weighted by atomic mass is 16.5. The molecule has 1 heteroatoms. The topological polar surface area (TPSA) is 9.23 Å². The summed E-state index contributed by atoms with van der Waals surface area (Å²) in [6.07, 6.45) is 11.2. The number of hydrogen-bond donors (Lipinski definition) is 0. The van der Waals surface area contributed by atoms with Gasteiger partial charge in [0.2, 0.25) is 0 Å². The lowest BCUT2D eigenvalue weighted by molar-refractivity contribution is 0.409. The molecular formula is C29H36O. The van der Waals surface area contributed by atoms with E-state index >= 15 is 0 Å². The Morgan fingerprint density at radius 3 is 2.00 bits per heavy atom. The molecule has 0 heterocycles. The van der Waals surface area contributed by atoms with E-state index in [9.17, 15) is 0 Å². The van der Waals surface area contributed by atoms with Crippen molar-refractivity contribution in [3.05, 3.63) is 89.5 Å². The van der Waals surface area contributed by atoms with Gasteiger partial charge in [-0.2, -0.15) is 0 Å². The fourth-order valence-electron chi connectivity index (χ4n) is 4.03. The van der Waals surface area contributed by atoms with Crippen molar-refractivity contribution >= 4 is 0 Å². The van der Waals surface area contributed by atoms with E-state index in [1.54, 1.807) is 7.11 Å². The Morgan fingerprint density at radius 1 is 0.600 bits per heavy atom. The highest BCUT2D eigenvalue weighted by Gasteiger charge is 2.06. The molecule has 0 bridgehead atoms. The van der Waals surface area contributed by atoms with Crippen LogP contribution in [-0.4, -0.2) is 7.11 Å². The molecule has 0 radical (unpaired) electrons. The molecule has 158 valence electrons.